The number of fused-ring (bicyclic) bond motifs is 1. The fraction of sp³-hybridized carbons (Fsp3) is 0.500. The number of nitrogens with one attached hydrogen (secondary N) is 1. The van der Waals surface area contributed by atoms with Gasteiger partial charge >= 0.3 is 0 Å². The maximum absolute atomic E-state index is 5.44. The summed E-state index contributed by atoms with van der Waals surface area (Å²) in [7, 11) is 2.01. The van der Waals surface area contributed by atoms with Crippen LogP contribution in [0.2, 0.25) is 0 Å². The van der Waals surface area contributed by atoms with Crippen LogP contribution in [0.3, 0.4) is 0 Å². The molecule has 0 spiro atoms. The topological polar surface area (TPSA) is 48.3 Å². The second-order valence-electron chi connectivity index (χ2n) is 6.06. The molecule has 0 bridgehead atoms. The molecule has 1 unspecified atom stereocenters. The Morgan fingerprint density at radius 1 is 1.26 bits per heavy atom. The van der Waals surface area contributed by atoms with Crippen LogP contribution in [0.15, 0.2) is 18.2 Å². The SMILES string of the molecule is CCC(NCCc1ccc2c(c1)OCO2)c1c(C)nn(C)c1C. The fourth-order valence-corrected chi connectivity index (χ4v) is 3.23. The first kappa shape index (κ1) is 15.9. The zero-order chi connectivity index (χ0) is 16.4. The molecule has 0 saturated heterocycles. The number of nitrogens with zero attached hydrogens (tertiary/aromatic N) is 2. The van der Waals surface area contributed by atoms with Crippen molar-refractivity contribution in [2.45, 2.75) is 39.7 Å². The molecule has 0 amide bonds. The Labute approximate surface area is 137 Å². The van der Waals surface area contributed by atoms with Gasteiger partial charge in [0.15, 0.2) is 11.5 Å². The van der Waals surface area contributed by atoms with Gasteiger partial charge in [-0.25, -0.2) is 0 Å². The Kier molecular flexibility index (Phi) is 4.57. The first-order valence-electron chi connectivity index (χ1n) is 8.22. The molecule has 3 rings (SSSR count). The highest BCUT2D eigenvalue weighted by molar-refractivity contribution is 5.44. The highest BCUT2D eigenvalue weighted by Gasteiger charge is 2.18. The predicted octanol–water partition coefficient (Wildman–Crippen LogP) is 3.05. The van der Waals surface area contributed by atoms with E-state index >= 15 is 0 Å². The van der Waals surface area contributed by atoms with E-state index in [-0.39, 0.29) is 0 Å². The van der Waals surface area contributed by atoms with Crippen LogP contribution in [0.4, 0.5) is 0 Å². The summed E-state index contributed by atoms with van der Waals surface area (Å²) in [6, 6.07) is 6.52. The van der Waals surface area contributed by atoms with Crippen LogP contribution in [0.25, 0.3) is 0 Å². The smallest absolute Gasteiger partial charge is 0.231 e. The van der Waals surface area contributed by atoms with Gasteiger partial charge in [-0.15, -0.1) is 0 Å². The van der Waals surface area contributed by atoms with Crippen LogP contribution in [0.1, 0.15) is 41.9 Å². The quantitative estimate of drug-likeness (QED) is 0.890. The first-order valence-corrected chi connectivity index (χ1v) is 8.22. The molecule has 0 aliphatic carbocycles. The Hall–Kier alpha value is -2.01. The summed E-state index contributed by atoms with van der Waals surface area (Å²) in [5, 5.41) is 8.20. The molecule has 5 nitrogen and oxygen atoms in total. The van der Waals surface area contributed by atoms with Gasteiger partial charge in [0.2, 0.25) is 6.79 Å². The lowest BCUT2D eigenvalue weighted by molar-refractivity contribution is 0.174. The summed E-state index contributed by atoms with van der Waals surface area (Å²) in [4.78, 5) is 0. The minimum absolute atomic E-state index is 0.328. The van der Waals surface area contributed by atoms with Crippen molar-refractivity contribution < 1.29 is 9.47 Å². The van der Waals surface area contributed by atoms with E-state index in [4.69, 9.17) is 9.47 Å². The molecular weight excluding hydrogens is 290 g/mol. The molecule has 1 aliphatic heterocycles. The van der Waals surface area contributed by atoms with Crippen molar-refractivity contribution in [3.05, 3.63) is 40.7 Å². The summed E-state index contributed by atoms with van der Waals surface area (Å²) in [5.41, 5.74) is 4.95. The van der Waals surface area contributed by atoms with E-state index < -0.39 is 0 Å². The third-order valence-electron chi connectivity index (χ3n) is 4.56. The molecular formula is C18H25N3O2. The molecule has 1 aromatic carbocycles. The van der Waals surface area contributed by atoms with Crippen molar-refractivity contribution >= 4 is 0 Å². The average Bonchev–Trinajstić information content (AvgIpc) is 3.09. The molecule has 1 N–H and O–H groups in total. The summed E-state index contributed by atoms with van der Waals surface area (Å²) < 4.78 is 12.8. The van der Waals surface area contributed by atoms with E-state index in [1.54, 1.807) is 0 Å². The normalized spacial score (nSPS) is 14.3. The standard InChI is InChI=1S/C18H25N3O2/c1-5-15(18-12(2)20-21(4)13(18)3)19-9-8-14-6-7-16-17(10-14)23-11-22-16/h6-7,10,15,19H,5,8-9,11H2,1-4H3. The second kappa shape index (κ2) is 6.62. The Morgan fingerprint density at radius 2 is 2.04 bits per heavy atom. The first-order chi connectivity index (χ1) is 11.1. The zero-order valence-corrected chi connectivity index (χ0v) is 14.3. The van der Waals surface area contributed by atoms with Crippen LogP contribution in [-0.4, -0.2) is 23.1 Å². The van der Waals surface area contributed by atoms with Gasteiger partial charge in [0, 0.05) is 24.3 Å². The van der Waals surface area contributed by atoms with E-state index in [9.17, 15) is 0 Å². The molecule has 5 heteroatoms. The fourth-order valence-electron chi connectivity index (χ4n) is 3.23. The minimum Gasteiger partial charge on any atom is -0.454 e. The average molecular weight is 315 g/mol. The highest BCUT2D eigenvalue weighted by Crippen LogP contribution is 2.32. The second-order valence-corrected chi connectivity index (χ2v) is 6.06. The number of benzene rings is 1. The lowest BCUT2D eigenvalue weighted by atomic mass is 10.0. The molecule has 1 atom stereocenters. The van der Waals surface area contributed by atoms with E-state index in [0.29, 0.717) is 12.8 Å². The molecule has 0 radical (unpaired) electrons. The number of aryl methyl sites for hydroxylation is 2. The molecule has 0 fully saturated rings. The number of ether oxygens (including phenoxy) is 2. The summed E-state index contributed by atoms with van der Waals surface area (Å²) in [6.45, 7) is 7.69. The molecule has 1 aromatic heterocycles. The molecule has 124 valence electrons. The van der Waals surface area contributed by atoms with E-state index in [0.717, 1.165) is 36.6 Å². The number of aromatic nitrogens is 2. The van der Waals surface area contributed by atoms with Crippen LogP contribution in [0.5, 0.6) is 11.5 Å². The highest BCUT2D eigenvalue weighted by atomic mass is 16.7. The Bertz CT molecular complexity index is 694. The minimum atomic E-state index is 0.328. The summed E-state index contributed by atoms with van der Waals surface area (Å²) in [5.74, 6) is 1.70. The van der Waals surface area contributed by atoms with Gasteiger partial charge in [0.25, 0.3) is 0 Å². The largest absolute Gasteiger partial charge is 0.454 e. The maximum atomic E-state index is 5.44. The lowest BCUT2D eigenvalue weighted by Gasteiger charge is -2.18. The third kappa shape index (κ3) is 3.20. The van der Waals surface area contributed by atoms with Gasteiger partial charge in [-0.05, 0) is 50.9 Å². The van der Waals surface area contributed by atoms with Gasteiger partial charge in [0.05, 0.1) is 5.69 Å². The number of rotatable bonds is 6. The molecule has 0 saturated carbocycles. The van der Waals surface area contributed by atoms with Gasteiger partial charge in [-0.2, -0.15) is 5.10 Å². The van der Waals surface area contributed by atoms with Crippen LogP contribution in [0, 0.1) is 13.8 Å². The van der Waals surface area contributed by atoms with Gasteiger partial charge in [-0.1, -0.05) is 13.0 Å². The number of hydrogen-bond acceptors (Lipinski definition) is 4. The molecule has 1 aliphatic rings. The third-order valence-corrected chi connectivity index (χ3v) is 4.56. The van der Waals surface area contributed by atoms with Gasteiger partial charge in [-0.3, -0.25) is 4.68 Å². The molecule has 2 aromatic rings. The summed E-state index contributed by atoms with van der Waals surface area (Å²) >= 11 is 0. The zero-order valence-electron chi connectivity index (χ0n) is 14.3. The maximum Gasteiger partial charge on any atom is 0.231 e. The van der Waals surface area contributed by atoms with E-state index in [1.807, 2.05) is 17.8 Å². The van der Waals surface area contributed by atoms with Gasteiger partial charge in [0.1, 0.15) is 0 Å². The summed E-state index contributed by atoms with van der Waals surface area (Å²) in [6.07, 6.45) is 2.01. The monoisotopic (exact) mass is 315 g/mol. The van der Waals surface area contributed by atoms with Crippen molar-refractivity contribution in [1.29, 1.82) is 0 Å². The van der Waals surface area contributed by atoms with Crippen molar-refractivity contribution in [2.75, 3.05) is 13.3 Å². The van der Waals surface area contributed by atoms with E-state index in [2.05, 4.69) is 43.3 Å². The Morgan fingerprint density at radius 3 is 2.74 bits per heavy atom. The van der Waals surface area contributed by atoms with Crippen LogP contribution >= 0.6 is 0 Å². The Balaban J connectivity index is 1.62. The molecule has 23 heavy (non-hydrogen) atoms. The molecule has 2 heterocycles. The van der Waals surface area contributed by atoms with Crippen molar-refractivity contribution in [2.24, 2.45) is 7.05 Å². The van der Waals surface area contributed by atoms with Crippen LogP contribution in [-0.2, 0) is 13.5 Å². The van der Waals surface area contributed by atoms with E-state index in [1.165, 1.54) is 16.8 Å². The van der Waals surface area contributed by atoms with Crippen molar-refractivity contribution in [3.8, 4) is 11.5 Å². The van der Waals surface area contributed by atoms with Crippen molar-refractivity contribution in [3.63, 3.8) is 0 Å². The number of hydrogen-bond donors (Lipinski definition) is 1. The van der Waals surface area contributed by atoms with Crippen molar-refractivity contribution in [1.82, 2.24) is 15.1 Å². The van der Waals surface area contributed by atoms with Crippen LogP contribution < -0.4 is 14.8 Å². The lowest BCUT2D eigenvalue weighted by Crippen LogP contribution is -2.24. The van der Waals surface area contributed by atoms with Gasteiger partial charge < -0.3 is 14.8 Å². The predicted molar refractivity (Wildman–Crippen MR) is 90.0 cm³/mol.